The predicted octanol–water partition coefficient (Wildman–Crippen LogP) is 6.16. The SMILES string of the molecule is C[S+]([O-])c1c(-c2ccc(Br)c3ccccc23)ccc2ccccc12. The minimum Gasteiger partial charge on any atom is -0.612 e. The third-order valence-electron chi connectivity index (χ3n) is 4.33. The Balaban J connectivity index is 2.11. The van der Waals surface area contributed by atoms with Crippen molar-refractivity contribution < 1.29 is 4.55 Å². The number of fused-ring (bicyclic) bond motifs is 2. The monoisotopic (exact) mass is 394 g/mol. The van der Waals surface area contributed by atoms with E-state index in [-0.39, 0.29) is 0 Å². The van der Waals surface area contributed by atoms with Gasteiger partial charge in [-0.2, -0.15) is 0 Å². The largest absolute Gasteiger partial charge is 0.612 e. The quantitative estimate of drug-likeness (QED) is 0.373. The molecule has 0 fully saturated rings. The van der Waals surface area contributed by atoms with Crippen molar-refractivity contribution in [2.24, 2.45) is 0 Å². The van der Waals surface area contributed by atoms with Crippen molar-refractivity contribution in [1.29, 1.82) is 0 Å². The zero-order valence-electron chi connectivity index (χ0n) is 13.1. The van der Waals surface area contributed by atoms with Crippen molar-refractivity contribution in [3.05, 3.63) is 77.3 Å². The van der Waals surface area contributed by atoms with Crippen LogP contribution in [0.25, 0.3) is 32.7 Å². The Bertz CT molecular complexity index is 1060. The molecule has 1 atom stereocenters. The van der Waals surface area contributed by atoms with Gasteiger partial charge < -0.3 is 4.55 Å². The molecule has 4 aromatic rings. The summed E-state index contributed by atoms with van der Waals surface area (Å²) in [6.07, 6.45) is 1.76. The molecule has 0 aliphatic heterocycles. The Morgan fingerprint density at radius 3 is 2.08 bits per heavy atom. The first kappa shape index (κ1) is 15.7. The van der Waals surface area contributed by atoms with Crippen LogP contribution >= 0.6 is 15.9 Å². The number of rotatable bonds is 2. The standard InChI is InChI=1S/C21H15BrOS/c1-24(23)21-15-7-3-2-6-14(15)10-11-19(21)17-12-13-20(22)18-9-5-4-8-16(17)18/h2-13H,1H3. The van der Waals surface area contributed by atoms with Crippen molar-refractivity contribution in [2.75, 3.05) is 6.26 Å². The second-order valence-electron chi connectivity index (χ2n) is 5.76. The van der Waals surface area contributed by atoms with Gasteiger partial charge in [0.2, 0.25) is 0 Å². The van der Waals surface area contributed by atoms with Crippen molar-refractivity contribution in [1.82, 2.24) is 0 Å². The lowest BCUT2D eigenvalue weighted by Gasteiger charge is -2.15. The van der Waals surface area contributed by atoms with Gasteiger partial charge in [0.15, 0.2) is 4.90 Å². The summed E-state index contributed by atoms with van der Waals surface area (Å²) in [7, 11) is 0. The Morgan fingerprint density at radius 1 is 0.708 bits per heavy atom. The summed E-state index contributed by atoms with van der Waals surface area (Å²) in [5.74, 6) is 0. The van der Waals surface area contributed by atoms with Crippen molar-refractivity contribution in [2.45, 2.75) is 4.90 Å². The Labute approximate surface area is 152 Å². The minimum absolute atomic E-state index is 0.903. The zero-order chi connectivity index (χ0) is 16.7. The van der Waals surface area contributed by atoms with Gasteiger partial charge >= 0.3 is 0 Å². The van der Waals surface area contributed by atoms with E-state index < -0.39 is 11.2 Å². The van der Waals surface area contributed by atoms with Gasteiger partial charge in [-0.1, -0.05) is 70.5 Å². The molecule has 0 aliphatic carbocycles. The molecule has 0 spiro atoms. The molecule has 4 aromatic carbocycles. The predicted molar refractivity (Wildman–Crippen MR) is 107 cm³/mol. The molecule has 0 bridgehead atoms. The van der Waals surface area contributed by atoms with Crippen LogP contribution in [0.5, 0.6) is 0 Å². The summed E-state index contributed by atoms with van der Waals surface area (Å²) in [6, 6.07) is 24.8. The molecule has 0 saturated heterocycles. The van der Waals surface area contributed by atoms with Crippen molar-refractivity contribution >= 4 is 48.7 Å². The smallest absolute Gasteiger partial charge is 0.168 e. The highest BCUT2D eigenvalue weighted by atomic mass is 79.9. The van der Waals surface area contributed by atoms with Crippen LogP contribution in [0, 0.1) is 0 Å². The van der Waals surface area contributed by atoms with E-state index in [1.807, 2.05) is 24.3 Å². The highest BCUT2D eigenvalue weighted by Crippen LogP contribution is 2.39. The molecule has 0 aromatic heterocycles. The molecule has 24 heavy (non-hydrogen) atoms. The average Bonchev–Trinajstić information content (AvgIpc) is 2.61. The van der Waals surface area contributed by atoms with Crippen LogP contribution in [0.3, 0.4) is 0 Å². The van der Waals surface area contributed by atoms with Crippen molar-refractivity contribution in [3.63, 3.8) is 0 Å². The van der Waals surface area contributed by atoms with Gasteiger partial charge in [-0.05, 0) is 51.1 Å². The van der Waals surface area contributed by atoms with E-state index >= 15 is 0 Å². The summed E-state index contributed by atoms with van der Waals surface area (Å²) in [6.45, 7) is 0. The Morgan fingerprint density at radius 2 is 1.33 bits per heavy atom. The Hall–Kier alpha value is -1.81. The summed E-state index contributed by atoms with van der Waals surface area (Å²) in [5, 5.41) is 4.50. The van der Waals surface area contributed by atoms with Crippen LogP contribution in [0.15, 0.2) is 82.2 Å². The average molecular weight is 395 g/mol. The second-order valence-corrected chi connectivity index (χ2v) is 7.93. The van der Waals surface area contributed by atoms with Crippen LogP contribution in [-0.2, 0) is 11.2 Å². The van der Waals surface area contributed by atoms with Crippen molar-refractivity contribution in [3.8, 4) is 11.1 Å². The van der Waals surface area contributed by atoms with E-state index in [2.05, 4.69) is 64.5 Å². The van der Waals surface area contributed by atoms with Crippen LogP contribution in [-0.4, -0.2) is 10.8 Å². The Kier molecular flexibility index (Phi) is 4.09. The molecule has 3 heteroatoms. The van der Waals surface area contributed by atoms with Gasteiger partial charge in [-0.3, -0.25) is 0 Å². The zero-order valence-corrected chi connectivity index (χ0v) is 15.5. The summed E-state index contributed by atoms with van der Waals surface area (Å²) in [5.41, 5.74) is 2.16. The van der Waals surface area contributed by atoms with E-state index in [9.17, 15) is 4.55 Å². The first-order valence-electron chi connectivity index (χ1n) is 7.69. The molecule has 0 N–H and O–H groups in total. The van der Waals surface area contributed by atoms with Gasteiger partial charge in [0.1, 0.15) is 6.26 Å². The molecule has 1 unspecified atom stereocenters. The first-order chi connectivity index (χ1) is 11.7. The fourth-order valence-corrected chi connectivity index (χ4v) is 4.72. The fourth-order valence-electron chi connectivity index (χ4n) is 3.26. The maximum Gasteiger partial charge on any atom is 0.168 e. The lowest BCUT2D eigenvalue weighted by atomic mass is 9.96. The lowest BCUT2D eigenvalue weighted by molar-refractivity contribution is 0.602. The molecular weight excluding hydrogens is 380 g/mol. The van der Waals surface area contributed by atoms with Gasteiger partial charge in [0, 0.05) is 15.4 Å². The first-order valence-corrected chi connectivity index (χ1v) is 10.0. The molecule has 0 saturated carbocycles. The number of hydrogen-bond donors (Lipinski definition) is 0. The number of hydrogen-bond acceptors (Lipinski definition) is 1. The molecule has 1 nitrogen and oxygen atoms in total. The molecule has 0 radical (unpaired) electrons. The van der Waals surface area contributed by atoms with E-state index in [0.717, 1.165) is 42.0 Å². The van der Waals surface area contributed by atoms with Crippen LogP contribution < -0.4 is 0 Å². The number of benzene rings is 4. The summed E-state index contributed by atoms with van der Waals surface area (Å²) < 4.78 is 13.6. The molecular formula is C21H15BrOS. The summed E-state index contributed by atoms with van der Waals surface area (Å²) in [4.78, 5) is 0.903. The topological polar surface area (TPSA) is 23.1 Å². The van der Waals surface area contributed by atoms with Crippen LogP contribution in [0.4, 0.5) is 0 Å². The fraction of sp³-hybridized carbons (Fsp3) is 0.0476. The second kappa shape index (κ2) is 6.25. The van der Waals surface area contributed by atoms with E-state index in [4.69, 9.17) is 0 Å². The normalized spacial score (nSPS) is 12.6. The molecule has 0 aliphatic rings. The van der Waals surface area contributed by atoms with Gasteiger partial charge in [0.05, 0.1) is 0 Å². The maximum absolute atomic E-state index is 12.6. The van der Waals surface area contributed by atoms with Gasteiger partial charge in [0.25, 0.3) is 0 Å². The highest BCUT2D eigenvalue weighted by molar-refractivity contribution is 9.10. The van der Waals surface area contributed by atoms with Crippen LogP contribution in [0.1, 0.15) is 0 Å². The third-order valence-corrected chi connectivity index (χ3v) is 6.03. The molecule has 0 heterocycles. The van der Waals surface area contributed by atoms with E-state index in [1.165, 1.54) is 0 Å². The minimum atomic E-state index is -1.08. The third kappa shape index (κ3) is 2.53. The summed E-state index contributed by atoms with van der Waals surface area (Å²) >= 11 is 2.56. The van der Waals surface area contributed by atoms with Crippen LogP contribution in [0.2, 0.25) is 0 Å². The molecule has 4 rings (SSSR count). The highest BCUT2D eigenvalue weighted by Gasteiger charge is 2.19. The molecule has 0 amide bonds. The number of halogens is 1. The van der Waals surface area contributed by atoms with Gasteiger partial charge in [-0.25, -0.2) is 0 Å². The maximum atomic E-state index is 12.6. The van der Waals surface area contributed by atoms with E-state index in [1.54, 1.807) is 6.26 Å². The van der Waals surface area contributed by atoms with E-state index in [0.29, 0.717) is 0 Å². The van der Waals surface area contributed by atoms with Gasteiger partial charge in [-0.15, -0.1) is 0 Å². The molecule has 118 valence electrons. The lowest BCUT2D eigenvalue weighted by Crippen LogP contribution is -2.01.